The van der Waals surface area contributed by atoms with E-state index in [-0.39, 0.29) is 24.7 Å². The summed E-state index contributed by atoms with van der Waals surface area (Å²) < 4.78 is 11.4. The number of aromatic nitrogens is 1. The van der Waals surface area contributed by atoms with Crippen LogP contribution in [0.5, 0.6) is 5.75 Å². The first kappa shape index (κ1) is 23.8. The van der Waals surface area contributed by atoms with Crippen LogP contribution in [0, 0.1) is 6.92 Å². The molecule has 0 saturated carbocycles. The molecular formula is C27H27N3O5. The molecular weight excluding hydrogens is 446 g/mol. The summed E-state index contributed by atoms with van der Waals surface area (Å²) in [5.41, 5.74) is 5.29. The number of carbonyl (C=O) groups excluding carboxylic acids is 1. The van der Waals surface area contributed by atoms with Crippen LogP contribution in [0.2, 0.25) is 0 Å². The highest BCUT2D eigenvalue weighted by Gasteiger charge is 2.16. The molecule has 8 heteroatoms. The van der Waals surface area contributed by atoms with Crippen molar-refractivity contribution >= 4 is 40.4 Å². The molecule has 8 nitrogen and oxygen atoms in total. The molecule has 0 spiro atoms. The Morgan fingerprint density at radius 1 is 1.11 bits per heavy atom. The molecule has 35 heavy (non-hydrogen) atoms. The van der Waals surface area contributed by atoms with Crippen LogP contribution < -0.4 is 15.4 Å². The first-order chi connectivity index (χ1) is 16.8. The maximum absolute atomic E-state index is 12.7. The number of para-hydroxylation sites is 1. The van der Waals surface area contributed by atoms with Crippen molar-refractivity contribution < 1.29 is 23.8 Å². The van der Waals surface area contributed by atoms with Gasteiger partial charge < -0.3 is 24.9 Å². The van der Waals surface area contributed by atoms with E-state index in [0.29, 0.717) is 28.6 Å². The molecule has 0 bridgehead atoms. The maximum atomic E-state index is 12.7. The number of hydrogen-bond acceptors (Lipinski definition) is 6. The number of rotatable bonds is 9. The number of aliphatic carboxylic acids is 1. The Balaban J connectivity index is 1.47. The number of carboxylic acids is 1. The van der Waals surface area contributed by atoms with Crippen molar-refractivity contribution in [1.82, 2.24) is 4.98 Å². The first-order valence-electron chi connectivity index (χ1n) is 11.2. The summed E-state index contributed by atoms with van der Waals surface area (Å²) in [6.45, 7) is 3.85. The van der Waals surface area contributed by atoms with Crippen molar-refractivity contribution in [2.45, 2.75) is 32.6 Å². The zero-order valence-electron chi connectivity index (χ0n) is 19.8. The molecule has 3 N–H and O–H groups in total. The van der Waals surface area contributed by atoms with Gasteiger partial charge in [0.1, 0.15) is 5.75 Å². The van der Waals surface area contributed by atoms with Crippen LogP contribution in [-0.4, -0.2) is 29.1 Å². The molecule has 0 fully saturated rings. The van der Waals surface area contributed by atoms with Crippen LogP contribution in [0.3, 0.4) is 0 Å². The Labute approximate surface area is 202 Å². The number of oxazole rings is 1. The molecule has 0 saturated heterocycles. The van der Waals surface area contributed by atoms with Gasteiger partial charge in [0.05, 0.1) is 20.0 Å². The summed E-state index contributed by atoms with van der Waals surface area (Å²) in [5, 5.41) is 15.0. The van der Waals surface area contributed by atoms with Gasteiger partial charge in [-0.2, -0.15) is 4.98 Å². The average Bonchev–Trinajstić information content (AvgIpc) is 3.22. The van der Waals surface area contributed by atoms with E-state index in [9.17, 15) is 9.59 Å². The van der Waals surface area contributed by atoms with Crippen LogP contribution in [0.15, 0.2) is 65.1 Å². The lowest BCUT2D eigenvalue weighted by molar-refractivity contribution is -0.137. The van der Waals surface area contributed by atoms with E-state index in [4.69, 9.17) is 14.3 Å². The number of aryl methyl sites for hydroxylation is 1. The van der Waals surface area contributed by atoms with Crippen molar-refractivity contribution in [3.8, 4) is 5.75 Å². The Bertz CT molecular complexity index is 1360. The molecule has 180 valence electrons. The van der Waals surface area contributed by atoms with E-state index in [1.807, 2.05) is 50.2 Å². The van der Waals surface area contributed by atoms with Gasteiger partial charge in [-0.1, -0.05) is 37.3 Å². The van der Waals surface area contributed by atoms with Crippen LogP contribution in [0.4, 0.5) is 17.4 Å². The van der Waals surface area contributed by atoms with E-state index >= 15 is 0 Å². The zero-order chi connectivity index (χ0) is 24.9. The molecule has 1 aromatic heterocycles. The Kier molecular flexibility index (Phi) is 7.01. The van der Waals surface area contributed by atoms with E-state index in [0.717, 1.165) is 22.4 Å². The lowest BCUT2D eigenvalue weighted by Crippen LogP contribution is -2.14. The fourth-order valence-electron chi connectivity index (χ4n) is 3.86. The SMILES string of the molecule is COc1cc(CC(=O)Nc2ccc([C@H](C)CC(=O)O)cc2)cc2oc(Nc3ccccc3C)nc12. The highest BCUT2D eigenvalue weighted by Crippen LogP contribution is 2.31. The number of carboxylic acid groups (broad SMARTS) is 1. The fraction of sp³-hybridized carbons (Fsp3) is 0.222. The lowest BCUT2D eigenvalue weighted by atomic mass is 9.98. The largest absolute Gasteiger partial charge is 0.494 e. The van der Waals surface area contributed by atoms with E-state index in [1.54, 1.807) is 31.4 Å². The first-order valence-corrected chi connectivity index (χ1v) is 11.2. The quantitative estimate of drug-likeness (QED) is 0.288. The predicted octanol–water partition coefficient (Wildman–Crippen LogP) is 5.65. The molecule has 0 aliphatic heterocycles. The second kappa shape index (κ2) is 10.3. The van der Waals surface area contributed by atoms with Crippen molar-refractivity contribution in [2.24, 2.45) is 0 Å². The molecule has 4 rings (SSSR count). The number of benzene rings is 3. The van der Waals surface area contributed by atoms with Gasteiger partial charge in [0.15, 0.2) is 11.1 Å². The van der Waals surface area contributed by atoms with Crippen LogP contribution >= 0.6 is 0 Å². The van der Waals surface area contributed by atoms with Gasteiger partial charge in [-0.15, -0.1) is 0 Å². The monoisotopic (exact) mass is 473 g/mol. The van der Waals surface area contributed by atoms with Crippen LogP contribution in [0.1, 0.15) is 36.0 Å². The standard InChI is InChI=1S/C27H27N3O5/c1-16-6-4-5-7-21(16)29-27-30-26-22(34-3)13-18(14-23(26)35-27)15-24(31)28-20-10-8-19(9-11-20)17(2)12-25(32)33/h4-11,13-14,17H,12,15H2,1-3H3,(H,28,31)(H,29,30)(H,32,33)/t17-/m1/s1. The molecule has 0 aliphatic carbocycles. The fourth-order valence-corrected chi connectivity index (χ4v) is 3.86. The van der Waals surface area contributed by atoms with Gasteiger partial charge >= 0.3 is 5.97 Å². The van der Waals surface area contributed by atoms with Crippen molar-refractivity contribution in [1.29, 1.82) is 0 Å². The van der Waals surface area contributed by atoms with Gasteiger partial charge in [-0.25, -0.2) is 0 Å². The molecule has 3 aromatic carbocycles. The third-order valence-electron chi connectivity index (χ3n) is 5.74. The molecule has 1 heterocycles. The van der Waals surface area contributed by atoms with Gasteiger partial charge in [0, 0.05) is 11.4 Å². The molecule has 0 unspecified atom stereocenters. The summed E-state index contributed by atoms with van der Waals surface area (Å²) in [4.78, 5) is 28.1. The van der Waals surface area contributed by atoms with E-state index in [1.165, 1.54) is 0 Å². The van der Waals surface area contributed by atoms with Gasteiger partial charge in [-0.3, -0.25) is 9.59 Å². The van der Waals surface area contributed by atoms with Crippen molar-refractivity contribution in [3.63, 3.8) is 0 Å². The molecule has 1 amide bonds. The third-order valence-corrected chi connectivity index (χ3v) is 5.74. The van der Waals surface area contributed by atoms with Gasteiger partial charge in [-0.05, 0) is 59.9 Å². The Morgan fingerprint density at radius 3 is 2.54 bits per heavy atom. The zero-order valence-corrected chi connectivity index (χ0v) is 19.8. The minimum Gasteiger partial charge on any atom is -0.494 e. The highest BCUT2D eigenvalue weighted by molar-refractivity contribution is 5.93. The molecule has 0 aliphatic rings. The predicted molar refractivity (Wildman–Crippen MR) is 134 cm³/mol. The van der Waals surface area contributed by atoms with Gasteiger partial charge in [0.25, 0.3) is 6.01 Å². The number of hydrogen-bond donors (Lipinski definition) is 3. The number of methoxy groups -OCH3 is 1. The second-order valence-corrected chi connectivity index (χ2v) is 8.45. The van der Waals surface area contributed by atoms with Crippen LogP contribution in [0.25, 0.3) is 11.1 Å². The van der Waals surface area contributed by atoms with E-state index < -0.39 is 5.97 Å². The highest BCUT2D eigenvalue weighted by atomic mass is 16.5. The average molecular weight is 474 g/mol. The normalized spacial score (nSPS) is 11.7. The number of carbonyl (C=O) groups is 2. The van der Waals surface area contributed by atoms with Crippen molar-refractivity contribution in [3.05, 3.63) is 77.4 Å². The third kappa shape index (κ3) is 5.78. The van der Waals surface area contributed by atoms with E-state index in [2.05, 4.69) is 15.6 Å². The summed E-state index contributed by atoms with van der Waals surface area (Å²) in [5.74, 6) is -0.630. The number of anilines is 3. The van der Waals surface area contributed by atoms with Gasteiger partial charge in [0.2, 0.25) is 5.91 Å². The van der Waals surface area contributed by atoms with Crippen LogP contribution in [-0.2, 0) is 16.0 Å². The van der Waals surface area contributed by atoms with Crippen molar-refractivity contribution in [2.75, 3.05) is 17.7 Å². The maximum Gasteiger partial charge on any atom is 0.303 e. The Morgan fingerprint density at radius 2 is 1.86 bits per heavy atom. The lowest BCUT2D eigenvalue weighted by Gasteiger charge is -2.11. The smallest absolute Gasteiger partial charge is 0.303 e. The number of nitrogens with zero attached hydrogens (tertiary/aromatic N) is 1. The topological polar surface area (TPSA) is 114 Å². The molecule has 1 atom stereocenters. The number of nitrogens with one attached hydrogen (secondary N) is 2. The Hall–Kier alpha value is -4.33. The number of amides is 1. The number of ether oxygens (including phenoxy) is 1. The molecule has 4 aromatic rings. The summed E-state index contributed by atoms with van der Waals surface area (Å²) in [6, 6.07) is 18.9. The minimum absolute atomic E-state index is 0.0554. The molecule has 0 radical (unpaired) electrons. The minimum atomic E-state index is -0.841. The second-order valence-electron chi connectivity index (χ2n) is 8.45. The number of fused-ring (bicyclic) bond motifs is 1. The summed E-state index contributed by atoms with van der Waals surface area (Å²) in [6.07, 6.45) is 0.171. The summed E-state index contributed by atoms with van der Waals surface area (Å²) in [7, 11) is 1.55. The summed E-state index contributed by atoms with van der Waals surface area (Å²) >= 11 is 0.